The van der Waals surface area contributed by atoms with Crippen LogP contribution in [0.2, 0.25) is 0 Å². The van der Waals surface area contributed by atoms with Crippen LogP contribution in [0.3, 0.4) is 0 Å². The van der Waals surface area contributed by atoms with E-state index in [1.54, 1.807) is 0 Å². The van der Waals surface area contributed by atoms with E-state index in [0.717, 1.165) is 25.8 Å². The molecule has 1 unspecified atom stereocenters. The van der Waals surface area contributed by atoms with E-state index in [1.807, 2.05) is 42.5 Å². The second-order valence-electron chi connectivity index (χ2n) is 4.60. The Morgan fingerprint density at radius 2 is 1.84 bits per heavy atom. The first-order valence-electron chi connectivity index (χ1n) is 6.03. The van der Waals surface area contributed by atoms with Crippen LogP contribution in [0.4, 0.5) is 0 Å². The molecular formula is C15H12Br2O2. The zero-order valence-corrected chi connectivity index (χ0v) is 13.2. The van der Waals surface area contributed by atoms with Gasteiger partial charge < -0.3 is 9.84 Å². The van der Waals surface area contributed by atoms with E-state index in [-0.39, 0.29) is 6.10 Å². The lowest BCUT2D eigenvalue weighted by Crippen LogP contribution is -2.19. The number of aliphatic hydroxyl groups is 1. The average Bonchev–Trinajstić information content (AvgIpc) is 2.38. The summed E-state index contributed by atoms with van der Waals surface area (Å²) < 4.78 is 7.98. The average molecular weight is 384 g/mol. The van der Waals surface area contributed by atoms with E-state index in [2.05, 4.69) is 31.9 Å². The van der Waals surface area contributed by atoms with Crippen LogP contribution in [0.15, 0.2) is 51.4 Å². The fourth-order valence-corrected chi connectivity index (χ4v) is 3.08. The van der Waals surface area contributed by atoms with Crippen molar-refractivity contribution in [2.75, 3.05) is 0 Å². The van der Waals surface area contributed by atoms with Gasteiger partial charge in [-0.1, -0.05) is 50.1 Å². The smallest absolute Gasteiger partial charge is 0.127 e. The summed E-state index contributed by atoms with van der Waals surface area (Å²) in [4.78, 5) is 0. The van der Waals surface area contributed by atoms with E-state index < -0.39 is 6.10 Å². The molecule has 0 saturated heterocycles. The van der Waals surface area contributed by atoms with Crippen molar-refractivity contribution < 1.29 is 9.84 Å². The van der Waals surface area contributed by atoms with E-state index >= 15 is 0 Å². The molecule has 0 amide bonds. The molecule has 0 spiro atoms. The molecule has 0 saturated carbocycles. The largest absolute Gasteiger partial charge is 0.485 e. The van der Waals surface area contributed by atoms with Gasteiger partial charge in [0.1, 0.15) is 11.9 Å². The van der Waals surface area contributed by atoms with Gasteiger partial charge in [0.05, 0.1) is 6.10 Å². The minimum absolute atomic E-state index is 0.116. The Hall–Kier alpha value is -0.840. The first-order valence-corrected chi connectivity index (χ1v) is 7.62. The van der Waals surface area contributed by atoms with E-state index in [0.29, 0.717) is 6.42 Å². The van der Waals surface area contributed by atoms with Crippen molar-refractivity contribution in [3.05, 3.63) is 62.5 Å². The molecule has 19 heavy (non-hydrogen) atoms. The van der Waals surface area contributed by atoms with Crippen LogP contribution < -0.4 is 4.74 Å². The monoisotopic (exact) mass is 382 g/mol. The van der Waals surface area contributed by atoms with E-state index in [4.69, 9.17) is 4.74 Å². The molecule has 0 radical (unpaired) electrons. The molecular weight excluding hydrogens is 372 g/mol. The van der Waals surface area contributed by atoms with Gasteiger partial charge in [0, 0.05) is 20.9 Å². The van der Waals surface area contributed by atoms with Crippen molar-refractivity contribution >= 4 is 31.9 Å². The maximum absolute atomic E-state index is 10.2. The summed E-state index contributed by atoms with van der Waals surface area (Å²) in [5, 5.41) is 10.2. The summed E-state index contributed by atoms with van der Waals surface area (Å²) in [5.74, 6) is 0.748. The number of ether oxygens (including phenoxy) is 1. The molecule has 0 aromatic heterocycles. The fraction of sp³-hybridized carbons (Fsp3) is 0.200. The lowest BCUT2D eigenvalue weighted by Gasteiger charge is -2.30. The molecule has 4 heteroatoms. The maximum atomic E-state index is 10.2. The predicted octanol–water partition coefficient (Wildman–Crippen LogP) is 4.77. The molecule has 3 rings (SSSR count). The maximum Gasteiger partial charge on any atom is 0.127 e. The highest BCUT2D eigenvalue weighted by Gasteiger charge is 2.28. The van der Waals surface area contributed by atoms with Crippen LogP contribution in [-0.2, 0) is 0 Å². The number of aliphatic hydroxyl groups excluding tert-OH is 1. The van der Waals surface area contributed by atoms with Gasteiger partial charge >= 0.3 is 0 Å². The van der Waals surface area contributed by atoms with Crippen LogP contribution in [0.1, 0.15) is 29.8 Å². The minimum atomic E-state index is -0.485. The molecule has 2 atom stereocenters. The summed E-state index contributed by atoms with van der Waals surface area (Å²) in [5.41, 5.74) is 1.92. The second kappa shape index (κ2) is 5.27. The van der Waals surface area contributed by atoms with Crippen molar-refractivity contribution in [3.63, 3.8) is 0 Å². The molecule has 98 valence electrons. The number of halogens is 2. The van der Waals surface area contributed by atoms with Crippen molar-refractivity contribution in [3.8, 4) is 5.75 Å². The third-order valence-electron chi connectivity index (χ3n) is 3.26. The molecule has 1 heterocycles. The SMILES string of the molecule is O[C@@H]1CC(c2cccc(Br)c2)Oc2cc(Br)ccc21. The molecule has 1 aliphatic heterocycles. The number of benzene rings is 2. The fourth-order valence-electron chi connectivity index (χ4n) is 2.33. The standard InChI is InChI=1S/C15H12Br2O2/c16-10-3-1-2-9(6-10)14-8-13(18)12-5-4-11(17)7-15(12)19-14/h1-7,13-14,18H,8H2/t13-,14?/m1/s1. The van der Waals surface area contributed by atoms with Crippen LogP contribution in [0, 0.1) is 0 Å². The Bertz CT molecular complexity index is 613. The van der Waals surface area contributed by atoms with Gasteiger partial charge in [-0.15, -0.1) is 0 Å². The molecule has 1 aliphatic rings. The van der Waals surface area contributed by atoms with Crippen LogP contribution in [0.25, 0.3) is 0 Å². The Morgan fingerprint density at radius 1 is 1.05 bits per heavy atom. The van der Waals surface area contributed by atoms with Crippen LogP contribution in [0.5, 0.6) is 5.75 Å². The Labute approximate surface area is 128 Å². The van der Waals surface area contributed by atoms with Gasteiger partial charge in [-0.2, -0.15) is 0 Å². The third-order valence-corrected chi connectivity index (χ3v) is 4.25. The normalized spacial score (nSPS) is 21.6. The molecule has 2 nitrogen and oxygen atoms in total. The lowest BCUT2D eigenvalue weighted by atomic mass is 9.95. The van der Waals surface area contributed by atoms with Crippen molar-refractivity contribution in [2.45, 2.75) is 18.6 Å². The molecule has 0 fully saturated rings. The Morgan fingerprint density at radius 3 is 2.63 bits per heavy atom. The van der Waals surface area contributed by atoms with Gasteiger partial charge in [0.15, 0.2) is 0 Å². The van der Waals surface area contributed by atoms with Gasteiger partial charge in [0.2, 0.25) is 0 Å². The topological polar surface area (TPSA) is 29.5 Å². The number of hydrogen-bond donors (Lipinski definition) is 1. The summed E-state index contributed by atoms with van der Waals surface area (Å²) in [6, 6.07) is 13.7. The quantitative estimate of drug-likeness (QED) is 0.768. The highest BCUT2D eigenvalue weighted by Crippen LogP contribution is 2.42. The number of hydrogen-bond acceptors (Lipinski definition) is 2. The molecule has 2 aromatic rings. The Kier molecular flexibility index (Phi) is 3.65. The number of rotatable bonds is 1. The highest BCUT2D eigenvalue weighted by molar-refractivity contribution is 9.10. The zero-order chi connectivity index (χ0) is 13.4. The molecule has 0 aliphatic carbocycles. The highest BCUT2D eigenvalue weighted by atomic mass is 79.9. The summed E-state index contributed by atoms with van der Waals surface area (Å²) >= 11 is 6.89. The van der Waals surface area contributed by atoms with Crippen LogP contribution in [-0.4, -0.2) is 5.11 Å². The number of fused-ring (bicyclic) bond motifs is 1. The van der Waals surface area contributed by atoms with Gasteiger partial charge in [-0.05, 0) is 29.8 Å². The van der Waals surface area contributed by atoms with Crippen molar-refractivity contribution in [1.29, 1.82) is 0 Å². The van der Waals surface area contributed by atoms with Gasteiger partial charge in [-0.25, -0.2) is 0 Å². The first-order chi connectivity index (χ1) is 9.13. The molecule has 1 N–H and O–H groups in total. The third kappa shape index (κ3) is 2.71. The first kappa shape index (κ1) is 13.2. The minimum Gasteiger partial charge on any atom is -0.485 e. The second-order valence-corrected chi connectivity index (χ2v) is 6.43. The zero-order valence-electron chi connectivity index (χ0n) is 10.0. The van der Waals surface area contributed by atoms with Crippen molar-refractivity contribution in [1.82, 2.24) is 0 Å². The van der Waals surface area contributed by atoms with Crippen molar-refractivity contribution in [2.24, 2.45) is 0 Å². The summed E-state index contributed by atoms with van der Waals surface area (Å²) in [6.07, 6.45) is -0.0272. The molecule has 0 bridgehead atoms. The van der Waals surface area contributed by atoms with Crippen LogP contribution >= 0.6 is 31.9 Å². The van der Waals surface area contributed by atoms with Gasteiger partial charge in [-0.3, -0.25) is 0 Å². The molecule has 2 aromatic carbocycles. The Balaban J connectivity index is 1.96. The van der Waals surface area contributed by atoms with Gasteiger partial charge in [0.25, 0.3) is 0 Å². The predicted molar refractivity (Wildman–Crippen MR) is 81.2 cm³/mol. The van der Waals surface area contributed by atoms with E-state index in [9.17, 15) is 5.11 Å². The van der Waals surface area contributed by atoms with E-state index in [1.165, 1.54) is 0 Å². The lowest BCUT2D eigenvalue weighted by molar-refractivity contribution is 0.0656. The summed E-state index contributed by atoms with van der Waals surface area (Å²) in [6.45, 7) is 0. The summed E-state index contributed by atoms with van der Waals surface area (Å²) in [7, 11) is 0.